The second kappa shape index (κ2) is 7.00. The zero-order chi connectivity index (χ0) is 12.8. The lowest BCUT2D eigenvalue weighted by molar-refractivity contribution is -0.142. The minimum atomic E-state index is -0.705. The molecular formula is C14H27NO2. The van der Waals surface area contributed by atoms with Gasteiger partial charge < -0.3 is 10.4 Å². The second-order valence-corrected chi connectivity index (χ2v) is 5.50. The highest BCUT2D eigenvalue weighted by Crippen LogP contribution is 2.28. The number of hydrogen-bond acceptors (Lipinski definition) is 2. The number of nitrogens with one attached hydrogen (secondary N) is 1. The molecule has 1 aliphatic rings. The molecule has 1 aliphatic carbocycles. The summed E-state index contributed by atoms with van der Waals surface area (Å²) in [4.78, 5) is 10.9. The third-order valence-electron chi connectivity index (χ3n) is 4.28. The summed E-state index contributed by atoms with van der Waals surface area (Å²) in [7, 11) is 0. The fraction of sp³-hybridized carbons (Fsp3) is 0.929. The zero-order valence-electron chi connectivity index (χ0n) is 11.4. The van der Waals surface area contributed by atoms with Crippen molar-refractivity contribution in [1.29, 1.82) is 0 Å². The van der Waals surface area contributed by atoms with Crippen LogP contribution in [0.15, 0.2) is 0 Å². The van der Waals surface area contributed by atoms with E-state index in [0.29, 0.717) is 6.04 Å². The predicted octanol–water partition coefficient (Wildman–Crippen LogP) is 3.04. The lowest BCUT2D eigenvalue weighted by Crippen LogP contribution is -2.46. The number of carboxylic acids is 1. The molecule has 0 amide bonds. The fourth-order valence-electron chi connectivity index (χ4n) is 2.82. The van der Waals surface area contributed by atoms with Crippen LogP contribution in [-0.4, -0.2) is 23.2 Å². The summed E-state index contributed by atoms with van der Waals surface area (Å²) in [5, 5.41) is 12.5. The molecule has 0 aliphatic heterocycles. The van der Waals surface area contributed by atoms with Crippen LogP contribution in [0, 0.1) is 11.8 Å². The number of aliphatic carboxylic acids is 1. The molecule has 17 heavy (non-hydrogen) atoms. The Hall–Kier alpha value is -0.570. The van der Waals surface area contributed by atoms with Gasteiger partial charge in [-0.3, -0.25) is 4.79 Å². The van der Waals surface area contributed by atoms with Crippen molar-refractivity contribution in [3.63, 3.8) is 0 Å². The normalized spacial score (nSPS) is 23.0. The van der Waals surface area contributed by atoms with Crippen molar-refractivity contribution in [3.05, 3.63) is 0 Å². The maximum Gasteiger partial charge on any atom is 0.307 e. The van der Waals surface area contributed by atoms with Crippen LogP contribution in [0.4, 0.5) is 0 Å². The molecule has 3 atom stereocenters. The quantitative estimate of drug-likeness (QED) is 0.751. The fourth-order valence-corrected chi connectivity index (χ4v) is 2.82. The van der Waals surface area contributed by atoms with Crippen molar-refractivity contribution in [3.8, 4) is 0 Å². The Labute approximate surface area is 105 Å². The van der Waals surface area contributed by atoms with E-state index in [2.05, 4.69) is 12.2 Å². The van der Waals surface area contributed by atoms with Gasteiger partial charge in [0.2, 0.25) is 0 Å². The van der Waals surface area contributed by atoms with E-state index in [0.717, 1.165) is 12.3 Å². The van der Waals surface area contributed by atoms with Gasteiger partial charge in [-0.25, -0.2) is 0 Å². The van der Waals surface area contributed by atoms with Crippen LogP contribution in [0.3, 0.4) is 0 Å². The number of rotatable bonds is 6. The first-order chi connectivity index (χ1) is 8.06. The molecule has 0 aromatic heterocycles. The highest BCUT2D eigenvalue weighted by atomic mass is 16.4. The summed E-state index contributed by atoms with van der Waals surface area (Å²) in [5.74, 6) is -0.270. The molecule has 0 aromatic carbocycles. The van der Waals surface area contributed by atoms with Crippen molar-refractivity contribution in [1.82, 2.24) is 5.32 Å². The van der Waals surface area contributed by atoms with Gasteiger partial charge in [-0.15, -0.1) is 0 Å². The lowest BCUT2D eigenvalue weighted by atomic mass is 9.82. The summed E-state index contributed by atoms with van der Waals surface area (Å²) in [6, 6.07) is 0.548. The van der Waals surface area contributed by atoms with E-state index in [-0.39, 0.29) is 12.0 Å². The second-order valence-electron chi connectivity index (χ2n) is 5.50. The summed E-state index contributed by atoms with van der Waals surface area (Å²) < 4.78 is 0. The molecule has 2 N–H and O–H groups in total. The van der Waals surface area contributed by atoms with Crippen molar-refractivity contribution < 1.29 is 9.90 Å². The van der Waals surface area contributed by atoms with Crippen LogP contribution in [-0.2, 0) is 4.79 Å². The van der Waals surface area contributed by atoms with Gasteiger partial charge in [-0.1, -0.05) is 33.1 Å². The largest absolute Gasteiger partial charge is 0.481 e. The monoisotopic (exact) mass is 241 g/mol. The number of hydrogen-bond donors (Lipinski definition) is 2. The smallest absolute Gasteiger partial charge is 0.307 e. The van der Waals surface area contributed by atoms with E-state index in [9.17, 15) is 4.79 Å². The van der Waals surface area contributed by atoms with Crippen LogP contribution in [0.5, 0.6) is 0 Å². The topological polar surface area (TPSA) is 49.3 Å². The minimum absolute atomic E-state index is 0.0550. The van der Waals surface area contributed by atoms with Crippen LogP contribution in [0.2, 0.25) is 0 Å². The van der Waals surface area contributed by atoms with Crippen molar-refractivity contribution in [2.75, 3.05) is 0 Å². The van der Waals surface area contributed by atoms with Crippen LogP contribution < -0.4 is 5.32 Å². The van der Waals surface area contributed by atoms with E-state index in [1.807, 2.05) is 6.92 Å². The average molecular weight is 241 g/mol. The Morgan fingerprint density at radius 2 is 1.88 bits per heavy atom. The van der Waals surface area contributed by atoms with E-state index in [4.69, 9.17) is 5.11 Å². The van der Waals surface area contributed by atoms with Gasteiger partial charge in [0.1, 0.15) is 0 Å². The van der Waals surface area contributed by atoms with Gasteiger partial charge in [0, 0.05) is 12.1 Å². The van der Waals surface area contributed by atoms with E-state index in [1.165, 1.54) is 32.1 Å². The van der Waals surface area contributed by atoms with Gasteiger partial charge in [-0.2, -0.15) is 0 Å². The summed E-state index contributed by atoms with van der Waals surface area (Å²) in [6.45, 7) is 5.97. The van der Waals surface area contributed by atoms with Crippen molar-refractivity contribution in [2.24, 2.45) is 11.8 Å². The third kappa shape index (κ3) is 4.30. The molecule has 1 fully saturated rings. The zero-order valence-corrected chi connectivity index (χ0v) is 11.4. The Bertz CT molecular complexity index is 236. The summed E-state index contributed by atoms with van der Waals surface area (Å²) in [5.41, 5.74) is 0. The maximum atomic E-state index is 10.9. The molecule has 100 valence electrons. The first-order valence-corrected chi connectivity index (χ1v) is 7.05. The Morgan fingerprint density at radius 3 is 2.35 bits per heavy atom. The van der Waals surface area contributed by atoms with Gasteiger partial charge in [0.25, 0.3) is 0 Å². The first-order valence-electron chi connectivity index (χ1n) is 7.05. The summed E-state index contributed by atoms with van der Waals surface area (Å²) >= 11 is 0. The van der Waals surface area contributed by atoms with Gasteiger partial charge in [-0.05, 0) is 32.1 Å². The molecule has 3 heteroatoms. The van der Waals surface area contributed by atoms with Crippen LogP contribution >= 0.6 is 0 Å². The summed E-state index contributed by atoms with van der Waals surface area (Å²) in [6.07, 6.45) is 7.76. The number of carbonyl (C=O) groups is 1. The first kappa shape index (κ1) is 14.5. The van der Waals surface area contributed by atoms with Gasteiger partial charge in [0.15, 0.2) is 0 Å². The molecule has 0 aromatic rings. The average Bonchev–Trinajstić information content (AvgIpc) is 2.35. The van der Waals surface area contributed by atoms with Crippen molar-refractivity contribution in [2.45, 2.75) is 71.4 Å². The Balaban J connectivity index is 2.47. The molecule has 0 radical (unpaired) electrons. The minimum Gasteiger partial charge on any atom is -0.481 e. The van der Waals surface area contributed by atoms with E-state index < -0.39 is 5.97 Å². The molecule has 0 bridgehead atoms. The Kier molecular flexibility index (Phi) is 5.96. The SMILES string of the molecule is CCC(NC(C)C(C)C(=O)O)C1CCCCC1. The van der Waals surface area contributed by atoms with Crippen molar-refractivity contribution >= 4 is 5.97 Å². The van der Waals surface area contributed by atoms with Crippen LogP contribution in [0.1, 0.15) is 59.3 Å². The highest BCUT2D eigenvalue weighted by Gasteiger charge is 2.26. The third-order valence-corrected chi connectivity index (χ3v) is 4.28. The number of carboxylic acid groups (broad SMARTS) is 1. The molecule has 3 unspecified atom stereocenters. The van der Waals surface area contributed by atoms with Gasteiger partial charge in [0.05, 0.1) is 5.92 Å². The lowest BCUT2D eigenvalue weighted by Gasteiger charge is -2.33. The van der Waals surface area contributed by atoms with Crippen LogP contribution in [0.25, 0.3) is 0 Å². The molecule has 0 heterocycles. The van der Waals surface area contributed by atoms with E-state index in [1.54, 1.807) is 6.92 Å². The highest BCUT2D eigenvalue weighted by molar-refractivity contribution is 5.70. The van der Waals surface area contributed by atoms with E-state index >= 15 is 0 Å². The van der Waals surface area contributed by atoms with Gasteiger partial charge >= 0.3 is 5.97 Å². The standard InChI is InChI=1S/C14H27NO2/c1-4-13(12-8-6-5-7-9-12)15-11(3)10(2)14(16)17/h10-13,15H,4-9H2,1-3H3,(H,16,17). The Morgan fingerprint density at radius 1 is 1.29 bits per heavy atom. The molecule has 1 rings (SSSR count). The predicted molar refractivity (Wildman–Crippen MR) is 70.1 cm³/mol. The molecule has 1 saturated carbocycles. The molecule has 0 spiro atoms. The molecular weight excluding hydrogens is 214 g/mol. The maximum absolute atomic E-state index is 10.9. The molecule has 0 saturated heterocycles. The molecule has 3 nitrogen and oxygen atoms in total.